The van der Waals surface area contributed by atoms with Gasteiger partial charge in [-0.15, -0.1) is 0 Å². The van der Waals surface area contributed by atoms with E-state index in [4.69, 9.17) is 4.74 Å². The fraction of sp³-hybridized carbons (Fsp3) is 0.833. The first-order valence-corrected chi connectivity index (χ1v) is 8.85. The largest absolute Gasteiger partial charge is 0.468 e. The molecule has 0 radical (unpaired) electrons. The second-order valence-electron chi connectivity index (χ2n) is 5.24. The molecule has 126 valence electrons. The molecule has 0 aromatic rings. The summed E-state index contributed by atoms with van der Waals surface area (Å²) >= 11 is 0. The molecular weight excluding hydrogens is 314 g/mol. The van der Waals surface area contributed by atoms with Gasteiger partial charge in [-0.3, -0.25) is 4.79 Å². The maximum absolute atomic E-state index is 12.4. The standard InChI is InChI=1S/C12H21N3O6S/c1-20-11(16)10-9-14(3-4-15(10)22(2,18)19)12(17)13-5-7-21-8-6-13/h10H,3-9H2,1-2H3. The van der Waals surface area contributed by atoms with E-state index >= 15 is 0 Å². The predicted molar refractivity (Wildman–Crippen MR) is 76.7 cm³/mol. The van der Waals surface area contributed by atoms with Gasteiger partial charge in [0.25, 0.3) is 0 Å². The highest BCUT2D eigenvalue weighted by Gasteiger charge is 2.40. The zero-order chi connectivity index (χ0) is 16.3. The number of piperazine rings is 1. The van der Waals surface area contributed by atoms with Crippen molar-refractivity contribution in [3.63, 3.8) is 0 Å². The molecule has 2 amide bonds. The molecule has 22 heavy (non-hydrogen) atoms. The van der Waals surface area contributed by atoms with Gasteiger partial charge in [-0.2, -0.15) is 4.31 Å². The van der Waals surface area contributed by atoms with Crippen LogP contribution in [0.4, 0.5) is 4.79 Å². The molecule has 2 aliphatic rings. The highest BCUT2D eigenvalue weighted by Crippen LogP contribution is 2.17. The van der Waals surface area contributed by atoms with Gasteiger partial charge < -0.3 is 19.3 Å². The summed E-state index contributed by atoms with van der Waals surface area (Å²) in [5, 5.41) is 0. The van der Waals surface area contributed by atoms with Crippen LogP contribution >= 0.6 is 0 Å². The van der Waals surface area contributed by atoms with Crippen molar-refractivity contribution in [2.75, 3.05) is 59.3 Å². The average Bonchev–Trinajstić information content (AvgIpc) is 2.52. The van der Waals surface area contributed by atoms with E-state index in [0.717, 1.165) is 10.6 Å². The SMILES string of the molecule is COC(=O)C1CN(C(=O)N2CCOCC2)CCN1S(C)(=O)=O. The fourth-order valence-electron chi connectivity index (χ4n) is 2.62. The molecule has 1 atom stereocenters. The minimum atomic E-state index is -3.54. The maximum atomic E-state index is 12.4. The molecule has 2 aliphatic heterocycles. The van der Waals surface area contributed by atoms with Gasteiger partial charge in [-0.05, 0) is 0 Å². The Morgan fingerprint density at radius 2 is 1.73 bits per heavy atom. The highest BCUT2D eigenvalue weighted by atomic mass is 32.2. The van der Waals surface area contributed by atoms with Crippen LogP contribution in [0.5, 0.6) is 0 Å². The molecule has 0 saturated carbocycles. The van der Waals surface area contributed by atoms with Gasteiger partial charge in [0.1, 0.15) is 6.04 Å². The van der Waals surface area contributed by atoms with Crippen LogP contribution in [0.1, 0.15) is 0 Å². The molecule has 10 heteroatoms. The first-order chi connectivity index (χ1) is 10.3. The minimum absolute atomic E-state index is 0.00403. The number of ether oxygens (including phenoxy) is 2. The number of hydrogen-bond acceptors (Lipinski definition) is 6. The lowest BCUT2D eigenvalue weighted by Crippen LogP contribution is -2.61. The van der Waals surface area contributed by atoms with E-state index in [1.807, 2.05) is 0 Å². The summed E-state index contributed by atoms with van der Waals surface area (Å²) in [5.41, 5.74) is 0. The van der Waals surface area contributed by atoms with Gasteiger partial charge in [0, 0.05) is 32.7 Å². The van der Waals surface area contributed by atoms with Crippen LogP contribution in [-0.4, -0.2) is 99.9 Å². The normalized spacial score (nSPS) is 24.2. The average molecular weight is 335 g/mol. The van der Waals surface area contributed by atoms with Crippen LogP contribution in [0, 0.1) is 0 Å². The lowest BCUT2D eigenvalue weighted by Gasteiger charge is -2.40. The quantitative estimate of drug-likeness (QED) is 0.573. The Bertz CT molecular complexity index is 531. The number of methoxy groups -OCH3 is 1. The van der Waals surface area contributed by atoms with Crippen LogP contribution in [0.2, 0.25) is 0 Å². The van der Waals surface area contributed by atoms with Gasteiger partial charge in [0.15, 0.2) is 0 Å². The summed E-state index contributed by atoms with van der Waals surface area (Å²) in [6.07, 6.45) is 1.04. The fourth-order valence-corrected chi connectivity index (χ4v) is 3.65. The molecular formula is C12H21N3O6S. The minimum Gasteiger partial charge on any atom is -0.468 e. The molecule has 0 aromatic heterocycles. The van der Waals surface area contributed by atoms with Crippen molar-refractivity contribution in [3.8, 4) is 0 Å². The van der Waals surface area contributed by atoms with Crippen molar-refractivity contribution in [1.29, 1.82) is 0 Å². The van der Waals surface area contributed by atoms with Crippen molar-refractivity contribution in [1.82, 2.24) is 14.1 Å². The van der Waals surface area contributed by atoms with Crippen LogP contribution in [0.3, 0.4) is 0 Å². The lowest BCUT2D eigenvalue weighted by molar-refractivity contribution is -0.146. The molecule has 2 saturated heterocycles. The highest BCUT2D eigenvalue weighted by molar-refractivity contribution is 7.88. The number of amides is 2. The molecule has 0 N–H and O–H groups in total. The van der Waals surface area contributed by atoms with Gasteiger partial charge in [0.05, 0.1) is 26.6 Å². The Balaban J connectivity index is 2.10. The van der Waals surface area contributed by atoms with E-state index in [2.05, 4.69) is 4.74 Å². The Morgan fingerprint density at radius 3 is 2.27 bits per heavy atom. The third-order valence-corrected chi connectivity index (χ3v) is 5.07. The van der Waals surface area contributed by atoms with Gasteiger partial charge in [-0.25, -0.2) is 13.2 Å². The number of nitrogens with zero attached hydrogens (tertiary/aromatic N) is 3. The number of rotatable bonds is 2. The summed E-state index contributed by atoms with van der Waals surface area (Å²) in [4.78, 5) is 27.5. The third-order valence-electron chi connectivity index (χ3n) is 3.78. The van der Waals surface area contributed by atoms with E-state index in [1.54, 1.807) is 4.90 Å². The second-order valence-corrected chi connectivity index (χ2v) is 7.18. The van der Waals surface area contributed by atoms with E-state index in [9.17, 15) is 18.0 Å². The summed E-state index contributed by atoms with van der Waals surface area (Å²) in [6, 6.07) is -1.20. The molecule has 2 fully saturated rings. The van der Waals surface area contributed by atoms with Crippen LogP contribution < -0.4 is 0 Å². The molecule has 2 heterocycles. The molecule has 0 spiro atoms. The van der Waals surface area contributed by atoms with Gasteiger partial charge in [0.2, 0.25) is 10.0 Å². The maximum Gasteiger partial charge on any atom is 0.326 e. The molecule has 0 aliphatic carbocycles. The van der Waals surface area contributed by atoms with Crippen molar-refractivity contribution in [2.45, 2.75) is 6.04 Å². The van der Waals surface area contributed by atoms with Crippen molar-refractivity contribution in [3.05, 3.63) is 0 Å². The number of sulfonamides is 1. The first-order valence-electron chi connectivity index (χ1n) is 7.01. The Hall–Kier alpha value is -1.39. The predicted octanol–water partition coefficient (Wildman–Crippen LogP) is -1.44. The van der Waals surface area contributed by atoms with Crippen molar-refractivity contribution < 1.29 is 27.5 Å². The zero-order valence-electron chi connectivity index (χ0n) is 12.7. The molecule has 0 bridgehead atoms. The van der Waals surface area contributed by atoms with Crippen molar-refractivity contribution >= 4 is 22.0 Å². The molecule has 1 unspecified atom stereocenters. The zero-order valence-corrected chi connectivity index (χ0v) is 13.5. The lowest BCUT2D eigenvalue weighted by atomic mass is 10.2. The molecule has 0 aromatic carbocycles. The first kappa shape index (κ1) is 17.0. The Kier molecular flexibility index (Phi) is 5.24. The third kappa shape index (κ3) is 3.68. The van der Waals surface area contributed by atoms with Crippen LogP contribution in [0.25, 0.3) is 0 Å². The topological polar surface area (TPSA) is 96.5 Å². The monoisotopic (exact) mass is 335 g/mol. The number of hydrogen-bond donors (Lipinski definition) is 0. The van der Waals surface area contributed by atoms with Gasteiger partial charge in [-0.1, -0.05) is 0 Å². The Labute approximate surface area is 129 Å². The van der Waals surface area contributed by atoms with Gasteiger partial charge >= 0.3 is 12.0 Å². The summed E-state index contributed by atoms with van der Waals surface area (Å²) in [7, 11) is -2.34. The summed E-state index contributed by atoms with van der Waals surface area (Å²) in [6.45, 7) is 2.27. The smallest absolute Gasteiger partial charge is 0.326 e. The molecule has 2 rings (SSSR count). The summed E-state index contributed by atoms with van der Waals surface area (Å²) in [5.74, 6) is -0.662. The summed E-state index contributed by atoms with van der Waals surface area (Å²) < 4.78 is 34.5. The number of carbonyl (C=O) groups excluding carboxylic acids is 2. The van der Waals surface area contributed by atoms with E-state index in [-0.39, 0.29) is 25.7 Å². The van der Waals surface area contributed by atoms with Crippen molar-refractivity contribution in [2.24, 2.45) is 0 Å². The Morgan fingerprint density at radius 1 is 1.09 bits per heavy atom. The number of morpholine rings is 1. The second kappa shape index (κ2) is 6.80. The number of carbonyl (C=O) groups is 2. The van der Waals surface area contributed by atoms with Crippen LogP contribution in [-0.2, 0) is 24.3 Å². The number of esters is 1. The van der Waals surface area contributed by atoms with E-state index in [0.29, 0.717) is 26.3 Å². The van der Waals surface area contributed by atoms with E-state index < -0.39 is 22.0 Å². The van der Waals surface area contributed by atoms with Crippen LogP contribution in [0.15, 0.2) is 0 Å². The van der Waals surface area contributed by atoms with E-state index in [1.165, 1.54) is 12.0 Å². The number of urea groups is 1. The molecule has 9 nitrogen and oxygen atoms in total.